The number of carbonyl (C=O) groups excluding carboxylic acids is 3. The standard InChI is InChI=1S/C30H34ClF3N8O5/c1-4-23-26(40-11-9-39(10-12-40)25(45)17-38(3)18(2)43)28(46)42-29(36-27(37-42)19-7-13-47-14-8-19)41(23)16-24(44)35-22-6-5-20(15-21(22)31)30(32,33)34/h5-7,15H,4,8-14,16-17H2,1-3H3,(H,35,44). The summed E-state index contributed by atoms with van der Waals surface area (Å²) in [5.74, 6) is -0.623. The van der Waals surface area contributed by atoms with E-state index in [0.717, 1.165) is 28.3 Å². The van der Waals surface area contributed by atoms with Crippen LogP contribution in [0.5, 0.6) is 0 Å². The Hall–Kier alpha value is -4.44. The molecule has 2 aromatic heterocycles. The van der Waals surface area contributed by atoms with Gasteiger partial charge >= 0.3 is 6.18 Å². The van der Waals surface area contributed by atoms with Crippen LogP contribution in [0.4, 0.5) is 24.5 Å². The predicted molar refractivity (Wildman–Crippen MR) is 167 cm³/mol. The molecule has 0 aliphatic carbocycles. The Morgan fingerprint density at radius 2 is 1.87 bits per heavy atom. The first-order chi connectivity index (χ1) is 22.3. The molecule has 0 spiro atoms. The molecule has 0 radical (unpaired) electrons. The first-order valence-corrected chi connectivity index (χ1v) is 15.4. The van der Waals surface area contributed by atoms with Crippen LogP contribution in [0.1, 0.15) is 37.4 Å². The van der Waals surface area contributed by atoms with Crippen LogP contribution in [0.15, 0.2) is 29.1 Å². The van der Waals surface area contributed by atoms with Crippen LogP contribution in [0.2, 0.25) is 5.02 Å². The molecular weight excluding hydrogens is 645 g/mol. The minimum atomic E-state index is -4.60. The van der Waals surface area contributed by atoms with E-state index in [0.29, 0.717) is 69.4 Å². The molecule has 1 fully saturated rings. The van der Waals surface area contributed by atoms with Crippen molar-refractivity contribution in [3.05, 3.63) is 56.7 Å². The van der Waals surface area contributed by atoms with Gasteiger partial charge in [0.25, 0.3) is 5.56 Å². The van der Waals surface area contributed by atoms with E-state index in [1.54, 1.807) is 16.5 Å². The van der Waals surface area contributed by atoms with Crippen molar-refractivity contribution in [1.29, 1.82) is 0 Å². The Bertz CT molecular complexity index is 1800. The SMILES string of the molecule is CCc1c(N2CCN(C(=O)CN(C)C(C)=O)CC2)c(=O)n2nc(C3=CCOCC3)nc2n1CC(=O)Nc1ccc(C(F)(F)F)cc1Cl. The van der Waals surface area contributed by atoms with Gasteiger partial charge in [-0.3, -0.25) is 19.2 Å². The van der Waals surface area contributed by atoms with Crippen molar-refractivity contribution in [1.82, 2.24) is 29.0 Å². The number of anilines is 2. The van der Waals surface area contributed by atoms with Gasteiger partial charge in [0.15, 0.2) is 5.82 Å². The summed E-state index contributed by atoms with van der Waals surface area (Å²) >= 11 is 6.09. The summed E-state index contributed by atoms with van der Waals surface area (Å²) in [5.41, 5.74) is 0.172. The van der Waals surface area contributed by atoms with Crippen LogP contribution in [0.25, 0.3) is 11.4 Å². The van der Waals surface area contributed by atoms with Crippen LogP contribution < -0.4 is 15.8 Å². The van der Waals surface area contributed by atoms with Gasteiger partial charge in [-0.25, -0.2) is 0 Å². The fourth-order valence-corrected chi connectivity index (χ4v) is 5.74. The van der Waals surface area contributed by atoms with Gasteiger partial charge in [-0.1, -0.05) is 24.6 Å². The number of aromatic nitrogens is 4. The lowest BCUT2D eigenvalue weighted by atomic mass is 10.1. The molecule has 5 rings (SSSR count). The van der Waals surface area contributed by atoms with Crippen molar-refractivity contribution >= 4 is 52.0 Å². The van der Waals surface area contributed by atoms with Gasteiger partial charge in [-0.15, -0.1) is 5.10 Å². The number of halogens is 4. The molecular formula is C30H34ClF3N8O5. The summed E-state index contributed by atoms with van der Waals surface area (Å²) < 4.78 is 47.5. The number of piperazine rings is 1. The normalized spacial score (nSPS) is 15.5. The molecule has 0 atom stereocenters. The first kappa shape index (κ1) is 33.9. The molecule has 1 saturated heterocycles. The average molecular weight is 679 g/mol. The second-order valence-corrected chi connectivity index (χ2v) is 11.6. The highest BCUT2D eigenvalue weighted by Gasteiger charge is 2.32. The summed E-state index contributed by atoms with van der Waals surface area (Å²) in [6.45, 7) is 4.82. The molecule has 1 aromatic carbocycles. The highest BCUT2D eigenvalue weighted by Crippen LogP contribution is 2.34. The summed E-state index contributed by atoms with van der Waals surface area (Å²) in [4.78, 5) is 61.3. The number of hydrogen-bond acceptors (Lipinski definition) is 8. The fraction of sp³-hybridized carbons (Fsp3) is 0.467. The number of amides is 3. The third-order valence-electron chi connectivity index (χ3n) is 8.14. The van der Waals surface area contributed by atoms with E-state index < -0.39 is 23.2 Å². The van der Waals surface area contributed by atoms with E-state index in [9.17, 15) is 32.3 Å². The third kappa shape index (κ3) is 7.27. The number of hydrogen-bond donors (Lipinski definition) is 1. The number of nitrogens with zero attached hydrogens (tertiary/aromatic N) is 7. The second kappa shape index (κ2) is 13.7. The lowest BCUT2D eigenvalue weighted by molar-refractivity contribution is -0.138. The predicted octanol–water partition coefficient (Wildman–Crippen LogP) is 2.69. The molecule has 2 aliphatic rings. The maximum absolute atomic E-state index is 14.1. The number of alkyl halides is 3. The van der Waals surface area contributed by atoms with E-state index in [-0.39, 0.29) is 41.4 Å². The van der Waals surface area contributed by atoms with Crippen molar-refractivity contribution in [3.8, 4) is 0 Å². The van der Waals surface area contributed by atoms with Crippen molar-refractivity contribution in [3.63, 3.8) is 0 Å². The van der Waals surface area contributed by atoms with Crippen LogP contribution in [-0.2, 0) is 38.3 Å². The molecule has 252 valence electrons. The summed E-state index contributed by atoms with van der Waals surface area (Å²) in [7, 11) is 1.55. The van der Waals surface area contributed by atoms with Gasteiger partial charge in [0.1, 0.15) is 12.2 Å². The molecule has 0 unspecified atom stereocenters. The van der Waals surface area contributed by atoms with E-state index in [1.807, 2.05) is 17.9 Å². The molecule has 47 heavy (non-hydrogen) atoms. The number of benzene rings is 1. The first-order valence-electron chi connectivity index (χ1n) is 15.0. The number of nitrogens with one attached hydrogen (secondary N) is 1. The van der Waals surface area contributed by atoms with Crippen LogP contribution in [0.3, 0.4) is 0 Å². The number of likely N-dealkylation sites (N-methyl/N-ethyl adjacent to an activating group) is 1. The fourth-order valence-electron chi connectivity index (χ4n) is 5.52. The Morgan fingerprint density at radius 1 is 1.15 bits per heavy atom. The summed E-state index contributed by atoms with van der Waals surface area (Å²) in [6, 6.07) is 2.64. The number of fused-ring (bicyclic) bond motifs is 1. The Labute approximate surface area is 272 Å². The molecule has 3 amide bonds. The zero-order chi connectivity index (χ0) is 34.0. The van der Waals surface area contributed by atoms with E-state index in [2.05, 4.69) is 15.4 Å². The largest absolute Gasteiger partial charge is 0.416 e. The van der Waals surface area contributed by atoms with Crippen molar-refractivity contribution in [2.24, 2.45) is 0 Å². The molecule has 17 heteroatoms. The minimum Gasteiger partial charge on any atom is -0.377 e. The minimum absolute atomic E-state index is 0.00859. The second-order valence-electron chi connectivity index (χ2n) is 11.2. The number of ether oxygens (including phenoxy) is 1. The van der Waals surface area contributed by atoms with Gasteiger partial charge in [0.2, 0.25) is 23.5 Å². The monoisotopic (exact) mass is 678 g/mol. The summed E-state index contributed by atoms with van der Waals surface area (Å²) in [6.07, 6.45) is -1.93. The maximum atomic E-state index is 14.1. The van der Waals surface area contributed by atoms with Gasteiger partial charge in [0.05, 0.1) is 41.7 Å². The van der Waals surface area contributed by atoms with Crippen LogP contribution in [-0.4, -0.2) is 99.7 Å². The number of rotatable bonds is 8. The Morgan fingerprint density at radius 3 is 2.47 bits per heavy atom. The van der Waals surface area contributed by atoms with Crippen LogP contribution in [0, 0.1) is 0 Å². The van der Waals surface area contributed by atoms with E-state index >= 15 is 0 Å². The zero-order valence-corrected chi connectivity index (χ0v) is 26.8. The quantitative estimate of drug-likeness (QED) is 0.385. The Kier molecular flexibility index (Phi) is 9.91. The van der Waals surface area contributed by atoms with Gasteiger partial charge in [-0.2, -0.15) is 22.7 Å². The lowest BCUT2D eigenvalue weighted by Crippen LogP contribution is -2.52. The lowest BCUT2D eigenvalue weighted by Gasteiger charge is -2.37. The topological polar surface area (TPSA) is 134 Å². The van der Waals surface area contributed by atoms with Crippen molar-refractivity contribution in [2.45, 2.75) is 39.4 Å². The molecule has 0 bridgehead atoms. The molecule has 3 aromatic rings. The average Bonchev–Trinajstić information content (AvgIpc) is 3.49. The highest BCUT2D eigenvalue weighted by atomic mass is 35.5. The molecule has 0 saturated carbocycles. The number of carbonyl (C=O) groups is 3. The third-order valence-corrected chi connectivity index (χ3v) is 8.45. The van der Waals surface area contributed by atoms with Gasteiger partial charge < -0.3 is 29.3 Å². The van der Waals surface area contributed by atoms with Gasteiger partial charge in [0, 0.05) is 40.2 Å². The molecule has 2 aliphatic heterocycles. The van der Waals surface area contributed by atoms with Crippen LogP contribution >= 0.6 is 11.6 Å². The van der Waals surface area contributed by atoms with Crippen molar-refractivity contribution < 1.29 is 32.3 Å². The highest BCUT2D eigenvalue weighted by molar-refractivity contribution is 6.33. The molecule has 4 heterocycles. The zero-order valence-electron chi connectivity index (χ0n) is 26.1. The molecule has 13 nitrogen and oxygen atoms in total. The molecule has 1 N–H and O–H groups in total. The maximum Gasteiger partial charge on any atom is 0.416 e. The van der Waals surface area contributed by atoms with Gasteiger partial charge in [-0.05, 0) is 36.6 Å². The van der Waals surface area contributed by atoms with E-state index in [4.69, 9.17) is 16.3 Å². The summed E-state index contributed by atoms with van der Waals surface area (Å²) in [5, 5.41) is 6.80. The smallest absolute Gasteiger partial charge is 0.377 e. The Balaban J connectivity index is 1.49. The van der Waals surface area contributed by atoms with Crippen molar-refractivity contribution in [2.75, 3.05) is 63.2 Å². The van der Waals surface area contributed by atoms with E-state index in [1.165, 1.54) is 11.8 Å².